The summed E-state index contributed by atoms with van der Waals surface area (Å²) in [6.45, 7) is 33.7. The highest BCUT2D eigenvalue weighted by Gasteiger charge is 2.52. The highest BCUT2D eigenvalue weighted by atomic mass is 32.1. The third-order valence-electron chi connectivity index (χ3n) is 18.0. The molecule has 3 aliphatic carbocycles. The van der Waals surface area contributed by atoms with Crippen LogP contribution in [-0.4, -0.2) is 6.85 Å². The first-order valence-electron chi connectivity index (χ1n) is 26.0. The van der Waals surface area contributed by atoms with Crippen molar-refractivity contribution in [2.75, 3.05) is 9.71 Å². The van der Waals surface area contributed by atoms with E-state index in [4.69, 9.17) is 0 Å². The van der Waals surface area contributed by atoms with Crippen molar-refractivity contribution < 1.29 is 0 Å². The summed E-state index contributed by atoms with van der Waals surface area (Å²) in [5.41, 5.74) is 27.3. The molecule has 0 spiro atoms. The zero-order valence-corrected chi connectivity index (χ0v) is 44.7. The first-order valence-corrected chi connectivity index (χ1v) is 26.8. The normalized spacial score (nSPS) is 18.1. The van der Waals surface area contributed by atoms with Crippen LogP contribution >= 0.6 is 11.3 Å². The molecule has 0 radical (unpaired) electrons. The predicted molar refractivity (Wildman–Crippen MR) is 303 cm³/mol. The van der Waals surface area contributed by atoms with Crippen molar-refractivity contribution in [1.29, 1.82) is 0 Å². The lowest BCUT2D eigenvalue weighted by molar-refractivity contribution is 0.332. The molecule has 3 heterocycles. The molecule has 7 aromatic carbocycles. The second-order valence-corrected chi connectivity index (χ2v) is 27.1. The quantitative estimate of drug-likeness (QED) is 0.159. The lowest BCUT2D eigenvalue weighted by atomic mass is 9.45. The van der Waals surface area contributed by atoms with Gasteiger partial charge in [0.1, 0.15) is 0 Å². The summed E-state index contributed by atoms with van der Waals surface area (Å²) in [4.78, 5) is 5.50. The predicted octanol–water partition coefficient (Wildman–Crippen LogP) is 17.2. The minimum Gasteiger partial charge on any atom is -0.376 e. The number of rotatable bonds is 2. The van der Waals surface area contributed by atoms with Crippen LogP contribution in [0, 0.1) is 0 Å². The first-order chi connectivity index (χ1) is 33.0. The van der Waals surface area contributed by atoms with Crippen molar-refractivity contribution in [2.24, 2.45) is 0 Å². The molecule has 0 atom stereocenters. The molecular formula is C66H67BN2S. The maximum absolute atomic E-state index is 2.78. The van der Waals surface area contributed by atoms with Crippen LogP contribution in [0.1, 0.15) is 154 Å². The Morgan fingerprint density at radius 1 is 0.486 bits per heavy atom. The second-order valence-electron chi connectivity index (χ2n) is 26.0. The van der Waals surface area contributed by atoms with E-state index in [2.05, 4.69) is 234 Å². The van der Waals surface area contributed by atoms with Gasteiger partial charge in [-0.25, -0.2) is 0 Å². The Hall–Kier alpha value is -5.84. The molecule has 0 bridgehead atoms. The van der Waals surface area contributed by atoms with E-state index in [1.807, 2.05) is 11.3 Å². The molecule has 2 nitrogen and oxygen atoms in total. The van der Waals surface area contributed by atoms with E-state index >= 15 is 0 Å². The van der Waals surface area contributed by atoms with Gasteiger partial charge in [0.25, 0.3) is 0 Å². The van der Waals surface area contributed by atoms with E-state index in [0.29, 0.717) is 0 Å². The van der Waals surface area contributed by atoms with Gasteiger partial charge in [-0.05, 0) is 167 Å². The molecule has 350 valence electrons. The third-order valence-corrected chi connectivity index (χ3v) is 19.2. The van der Waals surface area contributed by atoms with Gasteiger partial charge in [0.15, 0.2) is 0 Å². The largest absolute Gasteiger partial charge is 0.376 e. The summed E-state index contributed by atoms with van der Waals surface area (Å²) < 4.78 is 2.80. The lowest BCUT2D eigenvalue weighted by Crippen LogP contribution is -2.61. The fourth-order valence-electron chi connectivity index (χ4n) is 13.8. The summed E-state index contributed by atoms with van der Waals surface area (Å²) in [5, 5.41) is 1.37. The average Bonchev–Trinajstić information content (AvgIpc) is 3.88. The molecule has 8 aromatic rings. The van der Waals surface area contributed by atoms with Crippen LogP contribution in [0.5, 0.6) is 0 Å². The molecule has 0 unspecified atom stereocenters. The zero-order valence-electron chi connectivity index (χ0n) is 43.9. The van der Waals surface area contributed by atoms with Crippen LogP contribution < -0.4 is 20.0 Å². The van der Waals surface area contributed by atoms with Gasteiger partial charge in [-0.3, -0.25) is 0 Å². The van der Waals surface area contributed by atoms with Crippen molar-refractivity contribution in [2.45, 2.75) is 142 Å². The monoisotopic (exact) mass is 931 g/mol. The smallest absolute Gasteiger partial charge is 0.343 e. The van der Waals surface area contributed by atoms with Gasteiger partial charge in [-0.2, -0.15) is 0 Å². The molecule has 0 saturated carbocycles. The zero-order chi connectivity index (χ0) is 49.0. The Kier molecular flexibility index (Phi) is 8.81. The van der Waals surface area contributed by atoms with Crippen LogP contribution in [0.25, 0.3) is 43.5 Å². The van der Waals surface area contributed by atoms with E-state index in [0.717, 1.165) is 0 Å². The number of nitrogens with zero attached hydrogens (tertiary/aromatic N) is 2. The highest BCUT2D eigenvalue weighted by molar-refractivity contribution is 7.32. The van der Waals surface area contributed by atoms with Gasteiger partial charge in [-0.15, -0.1) is 11.3 Å². The Morgan fingerprint density at radius 3 is 1.61 bits per heavy atom. The van der Waals surface area contributed by atoms with Crippen molar-refractivity contribution >= 4 is 66.9 Å². The number of hydrogen-bond acceptors (Lipinski definition) is 3. The minimum atomic E-state index is -0.234. The molecule has 1 aromatic heterocycles. The maximum Gasteiger partial charge on any atom is 0.343 e. The maximum atomic E-state index is 2.78. The van der Waals surface area contributed by atoms with Crippen molar-refractivity contribution in [3.05, 3.63) is 172 Å². The van der Waals surface area contributed by atoms with Crippen molar-refractivity contribution in [3.63, 3.8) is 0 Å². The second kappa shape index (κ2) is 14.0. The van der Waals surface area contributed by atoms with Crippen LogP contribution in [0.3, 0.4) is 0 Å². The Morgan fingerprint density at radius 2 is 1.01 bits per heavy atom. The first kappa shape index (κ1) is 44.1. The molecule has 13 rings (SSSR count). The Bertz CT molecular complexity index is 3570. The highest BCUT2D eigenvalue weighted by Crippen LogP contribution is 2.61. The average molecular weight is 931 g/mol. The van der Waals surface area contributed by atoms with E-state index < -0.39 is 0 Å². The molecule has 70 heavy (non-hydrogen) atoms. The molecule has 5 aliphatic rings. The molecule has 0 N–H and O–H groups in total. The minimum absolute atomic E-state index is 0.0303. The van der Waals surface area contributed by atoms with Gasteiger partial charge in [0, 0.05) is 54.0 Å². The van der Waals surface area contributed by atoms with E-state index in [9.17, 15) is 0 Å². The Balaban J connectivity index is 1.22. The van der Waals surface area contributed by atoms with Gasteiger partial charge >= 0.3 is 6.85 Å². The van der Waals surface area contributed by atoms with Gasteiger partial charge < -0.3 is 9.71 Å². The molecule has 4 heteroatoms. The summed E-state index contributed by atoms with van der Waals surface area (Å²) in [5.74, 6) is 0. The number of anilines is 5. The molecular weight excluding hydrogens is 864 g/mol. The summed E-state index contributed by atoms with van der Waals surface area (Å²) in [6.07, 6.45) is 2.37. The summed E-state index contributed by atoms with van der Waals surface area (Å²) in [6, 6.07) is 50.9. The number of fused-ring (bicyclic) bond motifs is 14. The number of hydrogen-bond donors (Lipinski definition) is 0. The van der Waals surface area contributed by atoms with E-state index in [1.165, 1.54) is 139 Å². The fraction of sp³-hybridized carbons (Fsp3) is 0.333. The van der Waals surface area contributed by atoms with E-state index in [1.54, 1.807) is 0 Å². The van der Waals surface area contributed by atoms with Gasteiger partial charge in [-0.1, -0.05) is 170 Å². The molecule has 2 aliphatic heterocycles. The summed E-state index contributed by atoms with van der Waals surface area (Å²) >= 11 is 2.05. The Labute approximate surface area is 421 Å². The van der Waals surface area contributed by atoms with Crippen LogP contribution in [-0.2, 0) is 32.5 Å². The topological polar surface area (TPSA) is 6.48 Å². The summed E-state index contributed by atoms with van der Waals surface area (Å²) in [7, 11) is 0. The number of thiophene rings is 1. The molecule has 0 fully saturated rings. The van der Waals surface area contributed by atoms with Crippen molar-refractivity contribution in [1.82, 2.24) is 0 Å². The molecule has 0 amide bonds. The standard InChI is InChI=1S/C66H67BN2S/c1-61(2,3)38-23-27-40(28-24-38)68-54-36-45-43-20-16-18-22-49(43)66(13,14)57(45)56-46-33-50-44(42-19-15-17-21-48(42)65(50,11)12)35-53(46)69(41-29-25-39(26-30-41)62(4,5)6)67(58(54)56)60-59(68)47-34-51-52(37-55(47)70-60)64(9,10)32-31-63(51,7)8/h15-30,33-37H,31-32H2,1-14H3. The van der Waals surface area contributed by atoms with Crippen LogP contribution in [0.4, 0.5) is 28.4 Å². The van der Waals surface area contributed by atoms with Crippen LogP contribution in [0.2, 0.25) is 0 Å². The van der Waals surface area contributed by atoms with Gasteiger partial charge in [0.05, 0.1) is 5.69 Å². The third kappa shape index (κ3) is 5.86. The van der Waals surface area contributed by atoms with E-state index in [-0.39, 0.29) is 39.3 Å². The van der Waals surface area contributed by atoms with Crippen molar-refractivity contribution in [3.8, 4) is 33.4 Å². The molecule has 0 saturated heterocycles. The fourth-order valence-corrected chi connectivity index (χ4v) is 15.1. The van der Waals surface area contributed by atoms with Crippen LogP contribution in [0.15, 0.2) is 127 Å². The lowest BCUT2D eigenvalue weighted by Gasteiger charge is -2.46. The SMILES string of the molecule is CC(C)(C)c1ccc(N2B3c4sc5cc6c(cc5c4N(c4ccc(C(C)(C)C)cc4)c4cc5c(c(c43)-c3cc4c(cc32)-c2ccccc2C4(C)C)C(C)(C)c2ccccc2-5)C(C)(C)CCC6(C)C)cc1. The van der Waals surface area contributed by atoms with Gasteiger partial charge in [0.2, 0.25) is 0 Å². The number of benzene rings is 7.